The Balaban J connectivity index is 2.36. The van der Waals surface area contributed by atoms with Crippen molar-refractivity contribution in [2.24, 2.45) is 0 Å². The standard InChI is InChI=1S/C11H6Cl4N2O/c12-6-3-8(14)9(4-7(6)13)18-11-2-5(16)1-10(15)17-11/h1-4H,(H2,16,17). The highest BCUT2D eigenvalue weighted by molar-refractivity contribution is 6.43. The van der Waals surface area contributed by atoms with Gasteiger partial charge < -0.3 is 10.5 Å². The highest BCUT2D eigenvalue weighted by Crippen LogP contribution is 2.36. The summed E-state index contributed by atoms with van der Waals surface area (Å²) < 4.78 is 5.46. The summed E-state index contributed by atoms with van der Waals surface area (Å²) in [7, 11) is 0. The Morgan fingerprint density at radius 1 is 0.889 bits per heavy atom. The summed E-state index contributed by atoms with van der Waals surface area (Å²) >= 11 is 23.4. The van der Waals surface area contributed by atoms with E-state index in [0.29, 0.717) is 26.5 Å². The van der Waals surface area contributed by atoms with Crippen molar-refractivity contribution in [2.75, 3.05) is 5.73 Å². The molecule has 0 unspecified atom stereocenters. The second-order valence-electron chi connectivity index (χ2n) is 3.36. The van der Waals surface area contributed by atoms with Gasteiger partial charge in [-0.3, -0.25) is 0 Å². The SMILES string of the molecule is Nc1cc(Cl)nc(Oc2cc(Cl)c(Cl)cc2Cl)c1. The Labute approximate surface area is 123 Å². The van der Waals surface area contributed by atoms with Crippen LogP contribution in [0.5, 0.6) is 11.6 Å². The van der Waals surface area contributed by atoms with Crippen LogP contribution < -0.4 is 10.5 Å². The Morgan fingerprint density at radius 3 is 2.22 bits per heavy atom. The van der Waals surface area contributed by atoms with Crippen molar-refractivity contribution >= 4 is 52.1 Å². The van der Waals surface area contributed by atoms with Crippen LogP contribution in [-0.2, 0) is 0 Å². The summed E-state index contributed by atoms with van der Waals surface area (Å²) in [5.41, 5.74) is 6.05. The first-order valence-corrected chi connectivity index (χ1v) is 6.22. The number of hydrogen-bond donors (Lipinski definition) is 1. The maximum Gasteiger partial charge on any atom is 0.222 e. The van der Waals surface area contributed by atoms with Gasteiger partial charge in [-0.25, -0.2) is 4.98 Å². The average Bonchev–Trinajstić information content (AvgIpc) is 2.24. The summed E-state index contributed by atoms with van der Waals surface area (Å²) in [5, 5.41) is 1.20. The highest BCUT2D eigenvalue weighted by Gasteiger charge is 2.09. The molecule has 18 heavy (non-hydrogen) atoms. The van der Waals surface area contributed by atoms with Crippen LogP contribution >= 0.6 is 46.4 Å². The van der Waals surface area contributed by atoms with Gasteiger partial charge in [0.2, 0.25) is 5.88 Å². The number of aromatic nitrogens is 1. The van der Waals surface area contributed by atoms with E-state index in [1.54, 1.807) is 0 Å². The van der Waals surface area contributed by atoms with Crippen LogP contribution in [0.25, 0.3) is 0 Å². The molecular formula is C11H6Cl4N2O. The lowest BCUT2D eigenvalue weighted by atomic mass is 10.3. The van der Waals surface area contributed by atoms with E-state index in [0.717, 1.165) is 0 Å². The van der Waals surface area contributed by atoms with Crippen LogP contribution in [0, 0.1) is 0 Å². The van der Waals surface area contributed by atoms with Crippen molar-refractivity contribution in [3.8, 4) is 11.6 Å². The van der Waals surface area contributed by atoms with E-state index in [4.69, 9.17) is 56.9 Å². The molecule has 1 heterocycles. The second kappa shape index (κ2) is 5.41. The van der Waals surface area contributed by atoms with Crippen molar-refractivity contribution in [1.29, 1.82) is 0 Å². The summed E-state index contributed by atoms with van der Waals surface area (Å²) in [4.78, 5) is 3.95. The largest absolute Gasteiger partial charge is 0.437 e. The van der Waals surface area contributed by atoms with Gasteiger partial charge in [0.05, 0.1) is 15.1 Å². The smallest absolute Gasteiger partial charge is 0.222 e. The molecule has 0 spiro atoms. The van der Waals surface area contributed by atoms with Gasteiger partial charge in [-0.1, -0.05) is 46.4 Å². The van der Waals surface area contributed by atoms with Gasteiger partial charge >= 0.3 is 0 Å². The zero-order chi connectivity index (χ0) is 13.3. The van der Waals surface area contributed by atoms with Crippen molar-refractivity contribution < 1.29 is 4.74 Å². The fourth-order valence-corrected chi connectivity index (χ4v) is 2.02. The first kappa shape index (κ1) is 13.6. The predicted molar refractivity (Wildman–Crippen MR) is 75.2 cm³/mol. The molecule has 2 rings (SSSR count). The third-order valence-corrected chi connectivity index (χ3v) is 3.19. The molecule has 0 aliphatic carbocycles. The van der Waals surface area contributed by atoms with Gasteiger partial charge in [-0.05, 0) is 12.1 Å². The maximum absolute atomic E-state index is 5.97. The van der Waals surface area contributed by atoms with E-state index >= 15 is 0 Å². The minimum absolute atomic E-state index is 0.222. The van der Waals surface area contributed by atoms with Crippen LogP contribution in [0.2, 0.25) is 20.2 Å². The molecule has 2 N–H and O–H groups in total. The molecule has 3 nitrogen and oxygen atoms in total. The van der Waals surface area contributed by atoms with Crippen LogP contribution in [-0.4, -0.2) is 4.98 Å². The number of pyridine rings is 1. The molecule has 0 amide bonds. The number of anilines is 1. The third-order valence-electron chi connectivity index (χ3n) is 1.98. The van der Waals surface area contributed by atoms with Crippen molar-refractivity contribution in [3.05, 3.63) is 44.5 Å². The van der Waals surface area contributed by atoms with Crippen LogP contribution in [0.1, 0.15) is 0 Å². The lowest BCUT2D eigenvalue weighted by molar-refractivity contribution is 0.464. The molecule has 0 saturated heterocycles. The van der Waals surface area contributed by atoms with Crippen LogP contribution in [0.15, 0.2) is 24.3 Å². The lowest BCUT2D eigenvalue weighted by Gasteiger charge is -2.08. The van der Waals surface area contributed by atoms with Crippen LogP contribution in [0.3, 0.4) is 0 Å². The molecule has 0 bridgehead atoms. The molecule has 0 fully saturated rings. The Hall–Kier alpha value is -0.870. The minimum Gasteiger partial charge on any atom is -0.437 e. The number of nitrogens with two attached hydrogens (primary N) is 1. The maximum atomic E-state index is 5.97. The van der Waals surface area contributed by atoms with Gasteiger partial charge in [-0.15, -0.1) is 0 Å². The number of halogens is 4. The van der Waals surface area contributed by atoms with Gasteiger partial charge in [0, 0.05) is 17.8 Å². The minimum atomic E-state index is 0.222. The van der Waals surface area contributed by atoms with E-state index in [2.05, 4.69) is 4.98 Å². The molecule has 0 aliphatic rings. The quantitative estimate of drug-likeness (QED) is 0.620. The molecule has 1 aromatic carbocycles. The monoisotopic (exact) mass is 322 g/mol. The van der Waals surface area contributed by atoms with E-state index in [9.17, 15) is 0 Å². The molecule has 0 aliphatic heterocycles. The Kier molecular flexibility index (Phi) is 4.07. The first-order chi connectivity index (χ1) is 8.45. The van der Waals surface area contributed by atoms with Crippen molar-refractivity contribution in [2.45, 2.75) is 0 Å². The number of ether oxygens (including phenoxy) is 1. The second-order valence-corrected chi connectivity index (χ2v) is 4.97. The van der Waals surface area contributed by atoms with Gasteiger partial charge in [0.15, 0.2) is 0 Å². The first-order valence-electron chi connectivity index (χ1n) is 4.71. The fourth-order valence-electron chi connectivity index (χ4n) is 1.24. The van der Waals surface area contributed by atoms with Crippen molar-refractivity contribution in [3.63, 3.8) is 0 Å². The number of nitrogens with zero attached hydrogens (tertiary/aromatic N) is 1. The molecule has 0 atom stereocenters. The summed E-state index contributed by atoms with van der Waals surface area (Å²) in [6.45, 7) is 0. The van der Waals surface area contributed by atoms with Gasteiger partial charge in [0.25, 0.3) is 0 Å². The fraction of sp³-hybridized carbons (Fsp3) is 0. The van der Waals surface area contributed by atoms with Gasteiger partial charge in [-0.2, -0.15) is 0 Å². The molecular weight excluding hydrogens is 318 g/mol. The van der Waals surface area contributed by atoms with E-state index in [-0.39, 0.29) is 11.0 Å². The molecule has 0 saturated carbocycles. The zero-order valence-corrected chi connectivity index (χ0v) is 11.8. The topological polar surface area (TPSA) is 48.1 Å². The predicted octanol–water partition coefficient (Wildman–Crippen LogP) is 5.07. The van der Waals surface area contributed by atoms with Crippen LogP contribution in [0.4, 0.5) is 5.69 Å². The number of nitrogen functional groups attached to an aromatic ring is 1. The molecule has 94 valence electrons. The highest BCUT2D eigenvalue weighted by atomic mass is 35.5. The molecule has 2 aromatic rings. The van der Waals surface area contributed by atoms with E-state index < -0.39 is 0 Å². The number of hydrogen-bond acceptors (Lipinski definition) is 3. The van der Waals surface area contributed by atoms with Gasteiger partial charge in [0.1, 0.15) is 10.9 Å². The zero-order valence-electron chi connectivity index (χ0n) is 8.75. The Bertz CT molecular complexity index is 584. The van der Waals surface area contributed by atoms with E-state index in [1.165, 1.54) is 24.3 Å². The summed E-state index contributed by atoms with van der Waals surface area (Å²) in [6.07, 6.45) is 0. The number of rotatable bonds is 2. The summed E-state index contributed by atoms with van der Waals surface area (Å²) in [6, 6.07) is 6.00. The molecule has 1 aromatic heterocycles. The third kappa shape index (κ3) is 3.12. The lowest BCUT2D eigenvalue weighted by Crippen LogP contribution is -1.92. The Morgan fingerprint density at radius 2 is 1.56 bits per heavy atom. The molecule has 7 heteroatoms. The average molecular weight is 324 g/mol. The number of benzene rings is 1. The summed E-state index contributed by atoms with van der Waals surface area (Å²) in [5.74, 6) is 0.542. The molecule has 0 radical (unpaired) electrons. The van der Waals surface area contributed by atoms with Crippen molar-refractivity contribution in [1.82, 2.24) is 4.98 Å². The normalized spacial score (nSPS) is 10.4. The van der Waals surface area contributed by atoms with E-state index in [1.807, 2.05) is 0 Å².